The number of carboxylic acid groups (broad SMARTS) is 2. The summed E-state index contributed by atoms with van der Waals surface area (Å²) in [6.07, 6.45) is -1.57. The molecular weight excluding hydrogens is 468 g/mol. The molecule has 0 fully saturated rings. The maximum atomic E-state index is 12.8. The number of rotatable bonds is 18. The molecule has 0 saturated heterocycles. The van der Waals surface area contributed by atoms with Gasteiger partial charge in [-0.25, -0.2) is 4.79 Å². The molecule has 0 rings (SSSR count). The van der Waals surface area contributed by atoms with Gasteiger partial charge in [-0.1, -0.05) is 6.42 Å². The molecule has 15 heteroatoms. The van der Waals surface area contributed by atoms with Crippen molar-refractivity contribution in [2.45, 2.75) is 82.1 Å². The smallest absolute Gasteiger partial charge is 0.326 e. The maximum absolute atomic E-state index is 12.8. The van der Waals surface area contributed by atoms with Gasteiger partial charge < -0.3 is 48.5 Å². The van der Waals surface area contributed by atoms with Gasteiger partial charge in [-0.05, 0) is 39.2 Å². The minimum absolute atomic E-state index is 0.285. The summed E-state index contributed by atoms with van der Waals surface area (Å²) < 4.78 is 0. The number of carbonyl (C=O) groups excluding carboxylic acids is 4. The second-order valence-electron chi connectivity index (χ2n) is 8.02. The molecule has 0 aliphatic rings. The standard InChI is InChI=1S/C20H36N6O9/c1-10(27)16(26-17(31)11(22)4-2-3-9-21)19(33)24-12(5-7-14(23)28)18(32)25-13(20(34)35)6-8-15(29)30/h10-13,16,27H,2-9,21-22H2,1H3,(H2,23,28)(H,24,33)(H,25,32)(H,26,31)(H,29,30)(H,34,35). The average Bonchev–Trinajstić information content (AvgIpc) is 2.76. The van der Waals surface area contributed by atoms with Crippen LogP contribution in [0.3, 0.4) is 0 Å². The van der Waals surface area contributed by atoms with Crippen molar-refractivity contribution in [3.8, 4) is 0 Å². The fourth-order valence-corrected chi connectivity index (χ4v) is 2.92. The van der Waals surface area contributed by atoms with E-state index in [4.69, 9.17) is 22.3 Å². The fraction of sp³-hybridized carbons (Fsp3) is 0.700. The minimum Gasteiger partial charge on any atom is -0.481 e. The Bertz CT molecular complexity index is 761. The van der Waals surface area contributed by atoms with Crippen LogP contribution < -0.4 is 33.2 Å². The van der Waals surface area contributed by atoms with Crippen LogP contribution in [-0.2, 0) is 28.8 Å². The summed E-state index contributed by atoms with van der Waals surface area (Å²) in [5, 5.41) is 34.7. The third kappa shape index (κ3) is 13.2. The largest absolute Gasteiger partial charge is 0.481 e. The average molecular weight is 505 g/mol. The summed E-state index contributed by atoms with van der Waals surface area (Å²) in [4.78, 5) is 71.0. The lowest BCUT2D eigenvalue weighted by Crippen LogP contribution is -2.59. The van der Waals surface area contributed by atoms with Crippen LogP contribution in [0.1, 0.15) is 51.9 Å². The Morgan fingerprint density at radius 3 is 1.86 bits per heavy atom. The van der Waals surface area contributed by atoms with E-state index in [9.17, 15) is 39.0 Å². The predicted octanol–water partition coefficient (Wildman–Crippen LogP) is -3.51. The molecule has 0 aliphatic carbocycles. The van der Waals surface area contributed by atoms with Gasteiger partial charge in [-0.3, -0.25) is 24.0 Å². The third-order valence-corrected chi connectivity index (χ3v) is 4.94. The molecule has 0 radical (unpaired) electrons. The van der Waals surface area contributed by atoms with Gasteiger partial charge in [-0.2, -0.15) is 0 Å². The van der Waals surface area contributed by atoms with Crippen LogP contribution in [0.15, 0.2) is 0 Å². The van der Waals surface area contributed by atoms with E-state index in [-0.39, 0.29) is 19.3 Å². The quantitative estimate of drug-likeness (QED) is 0.0825. The zero-order chi connectivity index (χ0) is 27.1. The number of hydrogen-bond acceptors (Lipinski definition) is 9. The van der Waals surface area contributed by atoms with E-state index in [1.54, 1.807) is 0 Å². The molecule has 0 aromatic rings. The Hall–Kier alpha value is -3.30. The Balaban J connectivity index is 5.43. The Morgan fingerprint density at radius 2 is 1.37 bits per heavy atom. The number of nitrogens with one attached hydrogen (secondary N) is 3. The lowest BCUT2D eigenvalue weighted by molar-refractivity contribution is -0.143. The van der Waals surface area contributed by atoms with Gasteiger partial charge in [-0.15, -0.1) is 0 Å². The molecule has 200 valence electrons. The van der Waals surface area contributed by atoms with Gasteiger partial charge in [0.25, 0.3) is 0 Å². The fourth-order valence-electron chi connectivity index (χ4n) is 2.92. The highest BCUT2D eigenvalue weighted by atomic mass is 16.4. The normalized spacial score (nSPS) is 15.1. The first kappa shape index (κ1) is 31.7. The molecule has 5 atom stereocenters. The number of unbranched alkanes of at least 4 members (excludes halogenated alkanes) is 1. The van der Waals surface area contributed by atoms with Crippen molar-refractivity contribution in [2.24, 2.45) is 17.2 Å². The first-order valence-electron chi connectivity index (χ1n) is 11.1. The van der Waals surface area contributed by atoms with Crippen LogP contribution in [0.2, 0.25) is 0 Å². The van der Waals surface area contributed by atoms with Crippen LogP contribution in [0.4, 0.5) is 0 Å². The SMILES string of the molecule is CC(O)C(NC(=O)C(N)CCCCN)C(=O)NC(CCC(N)=O)C(=O)NC(CCC(=O)O)C(=O)O. The number of aliphatic hydroxyl groups is 1. The van der Waals surface area contributed by atoms with Gasteiger partial charge >= 0.3 is 11.9 Å². The molecule has 35 heavy (non-hydrogen) atoms. The second-order valence-corrected chi connectivity index (χ2v) is 8.02. The summed E-state index contributed by atoms with van der Waals surface area (Å²) in [7, 11) is 0. The summed E-state index contributed by atoms with van der Waals surface area (Å²) >= 11 is 0. The molecule has 0 saturated carbocycles. The monoisotopic (exact) mass is 504 g/mol. The molecule has 0 heterocycles. The lowest BCUT2D eigenvalue weighted by atomic mass is 10.1. The highest BCUT2D eigenvalue weighted by molar-refractivity contribution is 5.94. The predicted molar refractivity (Wildman–Crippen MR) is 121 cm³/mol. The van der Waals surface area contributed by atoms with E-state index in [1.165, 1.54) is 6.92 Å². The first-order valence-corrected chi connectivity index (χ1v) is 11.1. The number of hydrogen-bond donors (Lipinski definition) is 9. The van der Waals surface area contributed by atoms with E-state index >= 15 is 0 Å². The van der Waals surface area contributed by atoms with Gasteiger partial charge in [0.2, 0.25) is 23.6 Å². The third-order valence-electron chi connectivity index (χ3n) is 4.94. The highest BCUT2D eigenvalue weighted by Gasteiger charge is 2.32. The van der Waals surface area contributed by atoms with Crippen molar-refractivity contribution in [2.75, 3.05) is 6.54 Å². The molecule has 0 bridgehead atoms. The van der Waals surface area contributed by atoms with E-state index < -0.39 is 78.7 Å². The Labute approximate surface area is 202 Å². The maximum Gasteiger partial charge on any atom is 0.326 e. The van der Waals surface area contributed by atoms with Crippen molar-refractivity contribution in [3.63, 3.8) is 0 Å². The van der Waals surface area contributed by atoms with Gasteiger partial charge in [0.15, 0.2) is 0 Å². The topological polar surface area (TPSA) is 277 Å². The number of carbonyl (C=O) groups is 6. The minimum atomic E-state index is -1.58. The number of primary amides is 1. The van der Waals surface area contributed by atoms with Gasteiger partial charge in [0.05, 0.1) is 12.1 Å². The summed E-state index contributed by atoms with van der Waals surface area (Å²) in [5.74, 6) is -6.32. The van der Waals surface area contributed by atoms with Gasteiger partial charge in [0, 0.05) is 12.8 Å². The summed E-state index contributed by atoms with van der Waals surface area (Å²) in [6.45, 7) is 1.64. The number of carboxylic acids is 2. The second kappa shape index (κ2) is 16.3. The number of aliphatic hydroxyl groups excluding tert-OH is 1. The van der Waals surface area contributed by atoms with Gasteiger partial charge in [0.1, 0.15) is 18.1 Å². The molecular formula is C20H36N6O9. The van der Waals surface area contributed by atoms with Crippen LogP contribution in [0, 0.1) is 0 Å². The number of amides is 4. The van der Waals surface area contributed by atoms with Crippen LogP contribution >= 0.6 is 0 Å². The van der Waals surface area contributed by atoms with Crippen molar-refractivity contribution in [3.05, 3.63) is 0 Å². The molecule has 0 aromatic carbocycles. The molecule has 0 spiro atoms. The molecule has 12 N–H and O–H groups in total. The first-order chi connectivity index (χ1) is 16.3. The molecule has 0 aliphatic heterocycles. The summed E-state index contributed by atoms with van der Waals surface area (Å²) in [5.41, 5.74) is 16.3. The van der Waals surface area contributed by atoms with E-state index in [1.807, 2.05) is 0 Å². The van der Waals surface area contributed by atoms with Crippen molar-refractivity contribution in [1.82, 2.24) is 16.0 Å². The van der Waals surface area contributed by atoms with Crippen LogP contribution in [0.25, 0.3) is 0 Å². The molecule has 15 nitrogen and oxygen atoms in total. The van der Waals surface area contributed by atoms with E-state index in [2.05, 4.69) is 16.0 Å². The summed E-state index contributed by atoms with van der Waals surface area (Å²) in [6, 6.07) is -5.55. The van der Waals surface area contributed by atoms with Crippen LogP contribution in [-0.4, -0.2) is 87.7 Å². The van der Waals surface area contributed by atoms with E-state index in [0.717, 1.165) is 0 Å². The number of aliphatic carboxylic acids is 2. The highest BCUT2D eigenvalue weighted by Crippen LogP contribution is 2.05. The zero-order valence-electron chi connectivity index (χ0n) is 19.6. The van der Waals surface area contributed by atoms with Crippen LogP contribution in [0.5, 0.6) is 0 Å². The molecule has 0 aromatic heterocycles. The van der Waals surface area contributed by atoms with Crippen molar-refractivity contribution < 1.29 is 44.1 Å². The van der Waals surface area contributed by atoms with E-state index in [0.29, 0.717) is 19.4 Å². The Kier molecular flexibility index (Phi) is 14.8. The number of nitrogens with two attached hydrogens (primary N) is 3. The van der Waals surface area contributed by atoms with Crippen molar-refractivity contribution in [1.29, 1.82) is 0 Å². The zero-order valence-corrected chi connectivity index (χ0v) is 19.6. The Morgan fingerprint density at radius 1 is 0.800 bits per heavy atom. The molecule has 5 unspecified atom stereocenters. The van der Waals surface area contributed by atoms with Crippen molar-refractivity contribution >= 4 is 35.6 Å². The molecule has 4 amide bonds. The lowest BCUT2D eigenvalue weighted by Gasteiger charge is -2.26.